The van der Waals surface area contributed by atoms with E-state index in [-0.39, 0.29) is 24.3 Å². The van der Waals surface area contributed by atoms with E-state index in [1.807, 2.05) is 72.6 Å². The molecule has 2 unspecified atom stereocenters. The van der Waals surface area contributed by atoms with E-state index < -0.39 is 5.25 Å². The zero-order valence-electron chi connectivity index (χ0n) is 22.2. The number of hydrogen-bond acceptors (Lipinski definition) is 6. The predicted molar refractivity (Wildman–Crippen MR) is 161 cm³/mol. The highest BCUT2D eigenvalue weighted by Crippen LogP contribution is 2.39. The number of ether oxygens (including phenoxy) is 1. The van der Waals surface area contributed by atoms with Crippen LogP contribution in [0.15, 0.2) is 101 Å². The molecule has 2 aliphatic rings. The molecule has 0 spiro atoms. The van der Waals surface area contributed by atoms with Crippen LogP contribution < -0.4 is 10.1 Å². The van der Waals surface area contributed by atoms with Gasteiger partial charge in [-0.25, -0.2) is 5.01 Å². The summed E-state index contributed by atoms with van der Waals surface area (Å²) in [5.41, 5.74) is 4.80. The second-order valence-electron chi connectivity index (χ2n) is 9.90. The third kappa shape index (κ3) is 5.35. The molecule has 0 saturated carbocycles. The third-order valence-corrected chi connectivity index (χ3v) is 8.27. The average Bonchev–Trinajstić information content (AvgIpc) is 3.58. The van der Waals surface area contributed by atoms with Crippen LogP contribution in [0, 0.1) is 6.92 Å². The molecule has 4 aromatic rings. The molecule has 2 aliphatic heterocycles. The number of methoxy groups -OCH3 is 1. The number of amidine groups is 1. The summed E-state index contributed by atoms with van der Waals surface area (Å²) in [7, 11) is 1.64. The van der Waals surface area contributed by atoms with Gasteiger partial charge < -0.3 is 10.1 Å². The number of hydrogen-bond donors (Lipinski definition) is 1. The summed E-state index contributed by atoms with van der Waals surface area (Å²) >= 11 is 1.30. The van der Waals surface area contributed by atoms with Crippen LogP contribution >= 0.6 is 11.8 Å². The van der Waals surface area contributed by atoms with Gasteiger partial charge in [-0.1, -0.05) is 78.0 Å². The average molecular weight is 549 g/mol. The molecule has 2 atom stereocenters. The van der Waals surface area contributed by atoms with Crippen LogP contribution in [0.5, 0.6) is 5.75 Å². The monoisotopic (exact) mass is 548 g/mol. The first kappa shape index (κ1) is 25.8. The fourth-order valence-electron chi connectivity index (χ4n) is 4.94. The van der Waals surface area contributed by atoms with Crippen molar-refractivity contribution in [1.29, 1.82) is 0 Å². The van der Waals surface area contributed by atoms with Crippen LogP contribution in [0.25, 0.3) is 10.8 Å². The molecule has 6 rings (SSSR count). The van der Waals surface area contributed by atoms with E-state index >= 15 is 0 Å². The van der Waals surface area contributed by atoms with Crippen LogP contribution in [0.1, 0.15) is 35.6 Å². The molecule has 40 heavy (non-hydrogen) atoms. The lowest BCUT2D eigenvalue weighted by atomic mass is 9.97. The van der Waals surface area contributed by atoms with Crippen LogP contribution in [-0.4, -0.2) is 40.1 Å². The molecule has 0 bridgehead atoms. The Morgan fingerprint density at radius 1 is 1.00 bits per heavy atom. The van der Waals surface area contributed by atoms with Gasteiger partial charge in [0.2, 0.25) is 5.91 Å². The van der Waals surface area contributed by atoms with Crippen LogP contribution in [0.3, 0.4) is 0 Å². The van der Waals surface area contributed by atoms with Crippen molar-refractivity contribution in [3.05, 3.63) is 108 Å². The zero-order chi connectivity index (χ0) is 27.6. The van der Waals surface area contributed by atoms with E-state index in [2.05, 4.69) is 40.6 Å². The van der Waals surface area contributed by atoms with E-state index in [9.17, 15) is 9.59 Å². The number of rotatable bonds is 6. The van der Waals surface area contributed by atoms with Gasteiger partial charge in [0.05, 0.1) is 18.9 Å². The first-order valence-electron chi connectivity index (χ1n) is 13.1. The van der Waals surface area contributed by atoms with E-state index in [1.54, 1.807) is 7.11 Å². The van der Waals surface area contributed by atoms with Gasteiger partial charge in [-0.2, -0.15) is 10.1 Å². The lowest BCUT2D eigenvalue weighted by Gasteiger charge is -2.23. The molecular formula is C32H28N4O3S. The van der Waals surface area contributed by atoms with E-state index in [4.69, 9.17) is 9.84 Å². The molecule has 4 aromatic carbocycles. The predicted octanol–water partition coefficient (Wildman–Crippen LogP) is 6.33. The molecule has 200 valence electrons. The molecule has 0 aliphatic carbocycles. The van der Waals surface area contributed by atoms with Gasteiger partial charge >= 0.3 is 0 Å². The quantitative estimate of drug-likeness (QED) is 0.304. The Balaban J connectivity index is 1.25. The Morgan fingerprint density at radius 3 is 2.50 bits per heavy atom. The number of nitrogens with one attached hydrogen (secondary N) is 1. The lowest BCUT2D eigenvalue weighted by molar-refractivity contribution is -0.121. The van der Waals surface area contributed by atoms with Crippen molar-refractivity contribution in [1.82, 2.24) is 5.01 Å². The first-order chi connectivity index (χ1) is 19.5. The number of hydrazone groups is 1. The van der Waals surface area contributed by atoms with Gasteiger partial charge in [0.1, 0.15) is 11.0 Å². The maximum absolute atomic E-state index is 12.9. The SMILES string of the molecule is COc1ccc(C2CC(c3ccc4ccccc4c3)=NN2C2=NC(=O)C(CC(=O)Nc3ccc(C)cc3)S2)cc1. The van der Waals surface area contributed by atoms with Crippen LogP contribution in [-0.2, 0) is 9.59 Å². The highest BCUT2D eigenvalue weighted by atomic mass is 32.2. The van der Waals surface area contributed by atoms with E-state index in [0.717, 1.165) is 33.5 Å². The van der Waals surface area contributed by atoms with Gasteiger partial charge in [0.15, 0.2) is 5.17 Å². The number of fused-ring (bicyclic) bond motifs is 1. The Labute approximate surface area is 236 Å². The number of anilines is 1. The Hall–Kier alpha value is -4.43. The summed E-state index contributed by atoms with van der Waals surface area (Å²) < 4.78 is 5.35. The molecular weight excluding hydrogens is 520 g/mol. The lowest BCUT2D eigenvalue weighted by Crippen LogP contribution is -2.25. The highest BCUT2D eigenvalue weighted by Gasteiger charge is 2.39. The smallest absolute Gasteiger partial charge is 0.262 e. The van der Waals surface area contributed by atoms with Gasteiger partial charge in [-0.3, -0.25) is 9.59 Å². The fraction of sp³-hybridized carbons (Fsp3) is 0.188. The van der Waals surface area contributed by atoms with Gasteiger partial charge in [0, 0.05) is 18.5 Å². The number of nitrogens with zero attached hydrogens (tertiary/aromatic N) is 3. The molecule has 0 aromatic heterocycles. The Kier molecular flexibility index (Phi) is 7.09. The third-order valence-electron chi connectivity index (χ3n) is 7.12. The second-order valence-corrected chi connectivity index (χ2v) is 11.1. The van der Waals surface area contributed by atoms with Gasteiger partial charge in [-0.15, -0.1) is 0 Å². The van der Waals surface area contributed by atoms with Crippen molar-refractivity contribution in [3.63, 3.8) is 0 Å². The summed E-state index contributed by atoms with van der Waals surface area (Å²) in [5.74, 6) is 0.230. The van der Waals surface area contributed by atoms with Crippen molar-refractivity contribution in [2.45, 2.75) is 31.1 Å². The van der Waals surface area contributed by atoms with Gasteiger partial charge in [-0.05, 0) is 59.2 Å². The number of carbonyl (C=O) groups excluding carboxylic acids is 2. The molecule has 0 fully saturated rings. The van der Waals surface area contributed by atoms with Crippen molar-refractivity contribution >= 4 is 50.9 Å². The van der Waals surface area contributed by atoms with Crippen molar-refractivity contribution in [2.24, 2.45) is 10.1 Å². The summed E-state index contributed by atoms with van der Waals surface area (Å²) in [5, 5.41) is 11.9. The largest absolute Gasteiger partial charge is 0.497 e. The van der Waals surface area contributed by atoms with Crippen molar-refractivity contribution < 1.29 is 14.3 Å². The minimum absolute atomic E-state index is 0.0344. The minimum Gasteiger partial charge on any atom is -0.497 e. The Bertz CT molecular complexity index is 1650. The van der Waals surface area contributed by atoms with Crippen LogP contribution in [0.4, 0.5) is 5.69 Å². The molecule has 2 amide bonds. The number of thioether (sulfide) groups is 1. The summed E-state index contributed by atoms with van der Waals surface area (Å²) in [6.07, 6.45) is 0.684. The van der Waals surface area contributed by atoms with Crippen LogP contribution in [0.2, 0.25) is 0 Å². The maximum atomic E-state index is 12.9. The number of benzene rings is 4. The summed E-state index contributed by atoms with van der Waals surface area (Å²) in [6.45, 7) is 1.99. The van der Waals surface area contributed by atoms with Crippen molar-refractivity contribution in [2.75, 3.05) is 12.4 Å². The molecule has 0 radical (unpaired) electrons. The number of carbonyl (C=O) groups is 2. The van der Waals surface area contributed by atoms with Crippen molar-refractivity contribution in [3.8, 4) is 5.75 Å². The maximum Gasteiger partial charge on any atom is 0.262 e. The summed E-state index contributed by atoms with van der Waals surface area (Å²) in [4.78, 5) is 30.0. The molecule has 7 nitrogen and oxygen atoms in total. The van der Waals surface area contributed by atoms with E-state index in [1.165, 1.54) is 17.1 Å². The second kappa shape index (κ2) is 11.0. The number of aliphatic imine (C=N–C) groups is 1. The number of amides is 2. The molecule has 2 heterocycles. The topological polar surface area (TPSA) is 83.4 Å². The molecule has 1 N–H and O–H groups in total. The molecule has 8 heteroatoms. The standard InChI is InChI=1S/C32H28N4O3S/c1-20-7-13-25(14-8-20)33-30(37)19-29-31(38)34-32(40-29)36-28(22-11-15-26(39-2)16-12-22)18-27(35-36)24-10-9-21-5-3-4-6-23(21)17-24/h3-17,28-29H,18-19H2,1-2H3,(H,33,37). The highest BCUT2D eigenvalue weighted by molar-refractivity contribution is 8.15. The fourth-order valence-corrected chi connectivity index (χ4v) is 6.00. The molecule has 0 saturated heterocycles. The first-order valence-corrected chi connectivity index (χ1v) is 14.0. The Morgan fingerprint density at radius 2 is 1.75 bits per heavy atom. The normalized spacial score (nSPS) is 18.6. The minimum atomic E-state index is -0.600. The summed E-state index contributed by atoms with van der Waals surface area (Å²) in [6, 6.07) is 29.9. The number of aryl methyl sites for hydroxylation is 1. The zero-order valence-corrected chi connectivity index (χ0v) is 23.0. The van der Waals surface area contributed by atoms with E-state index in [0.29, 0.717) is 17.3 Å². The van der Waals surface area contributed by atoms with Gasteiger partial charge in [0.25, 0.3) is 5.91 Å².